The van der Waals surface area contributed by atoms with Gasteiger partial charge < -0.3 is 10.2 Å². The van der Waals surface area contributed by atoms with Crippen LogP contribution in [0.1, 0.15) is 19.3 Å². The topological polar surface area (TPSA) is 69.7 Å². The molecule has 20 heavy (non-hydrogen) atoms. The first-order chi connectivity index (χ1) is 9.19. The Morgan fingerprint density at radius 1 is 1.40 bits per heavy atom. The van der Waals surface area contributed by atoms with E-state index in [9.17, 15) is 22.0 Å². The summed E-state index contributed by atoms with van der Waals surface area (Å²) >= 11 is 0. The van der Waals surface area contributed by atoms with Crippen LogP contribution in [0.15, 0.2) is 0 Å². The van der Waals surface area contributed by atoms with Crippen molar-refractivity contribution in [1.82, 2.24) is 14.5 Å². The van der Waals surface area contributed by atoms with Gasteiger partial charge in [0, 0.05) is 32.1 Å². The molecule has 2 aliphatic heterocycles. The molecule has 2 aliphatic rings. The normalized spacial score (nSPS) is 26.9. The van der Waals surface area contributed by atoms with Gasteiger partial charge in [-0.3, -0.25) is 0 Å². The lowest BCUT2D eigenvalue weighted by Gasteiger charge is -2.24. The van der Waals surface area contributed by atoms with Crippen molar-refractivity contribution in [2.45, 2.75) is 31.2 Å². The van der Waals surface area contributed by atoms with Gasteiger partial charge in [-0.15, -0.1) is 0 Å². The summed E-state index contributed by atoms with van der Waals surface area (Å²) in [5.74, 6) is -2.82. The van der Waals surface area contributed by atoms with Crippen molar-refractivity contribution >= 4 is 16.1 Å². The summed E-state index contributed by atoms with van der Waals surface area (Å²) in [6.07, 6.45) is 2.23. The second-order valence-corrected chi connectivity index (χ2v) is 7.32. The quantitative estimate of drug-likeness (QED) is 0.823. The smallest absolute Gasteiger partial charge is 0.317 e. The number of hydrogen-bond donors (Lipinski definition) is 1. The van der Waals surface area contributed by atoms with Crippen molar-refractivity contribution < 1.29 is 22.0 Å². The number of likely N-dealkylation sites (tertiary alicyclic amines) is 1. The lowest BCUT2D eigenvalue weighted by atomic mass is 10.2. The fraction of sp³-hybridized carbons (Fsp3) is 0.909. The number of halogens is 2. The third-order valence-electron chi connectivity index (χ3n) is 3.69. The van der Waals surface area contributed by atoms with Gasteiger partial charge in [0.1, 0.15) is 0 Å². The summed E-state index contributed by atoms with van der Waals surface area (Å²) in [6.45, 7) is 0.0632. The number of amides is 2. The van der Waals surface area contributed by atoms with Crippen LogP contribution >= 0.6 is 0 Å². The molecule has 0 aliphatic carbocycles. The highest BCUT2D eigenvalue weighted by Crippen LogP contribution is 2.26. The van der Waals surface area contributed by atoms with Gasteiger partial charge in [0.15, 0.2) is 0 Å². The molecule has 2 saturated heterocycles. The molecule has 0 bridgehead atoms. The van der Waals surface area contributed by atoms with Crippen molar-refractivity contribution in [2.24, 2.45) is 0 Å². The molecule has 0 radical (unpaired) electrons. The van der Waals surface area contributed by atoms with Gasteiger partial charge in [0.05, 0.1) is 12.8 Å². The van der Waals surface area contributed by atoms with Crippen LogP contribution in [0.2, 0.25) is 0 Å². The highest BCUT2D eigenvalue weighted by molar-refractivity contribution is 7.88. The molecule has 2 fully saturated rings. The second-order valence-electron chi connectivity index (χ2n) is 5.38. The Balaban J connectivity index is 1.85. The van der Waals surface area contributed by atoms with Crippen LogP contribution in [-0.4, -0.2) is 68.1 Å². The van der Waals surface area contributed by atoms with Crippen LogP contribution in [-0.2, 0) is 10.0 Å². The van der Waals surface area contributed by atoms with Gasteiger partial charge in [-0.2, -0.15) is 4.31 Å². The minimum Gasteiger partial charge on any atom is -0.336 e. The first-order valence-corrected chi connectivity index (χ1v) is 8.41. The van der Waals surface area contributed by atoms with E-state index in [1.807, 2.05) is 0 Å². The van der Waals surface area contributed by atoms with Gasteiger partial charge in [-0.25, -0.2) is 22.0 Å². The third kappa shape index (κ3) is 3.57. The molecular formula is C11H19F2N3O3S. The zero-order valence-electron chi connectivity index (χ0n) is 11.3. The Morgan fingerprint density at radius 2 is 2.10 bits per heavy atom. The first kappa shape index (κ1) is 15.4. The minimum absolute atomic E-state index is 0.0271. The predicted molar refractivity (Wildman–Crippen MR) is 69.1 cm³/mol. The lowest BCUT2D eigenvalue weighted by Crippen LogP contribution is -2.46. The largest absolute Gasteiger partial charge is 0.336 e. The SMILES string of the molecule is CS(=O)(=O)N1CCC[C@@H]1CNC(=O)N1CCC(F)(F)C1. The fourth-order valence-corrected chi connectivity index (χ4v) is 3.86. The average Bonchev–Trinajstić information content (AvgIpc) is 2.91. The van der Waals surface area contributed by atoms with Gasteiger partial charge in [-0.1, -0.05) is 0 Å². The maximum atomic E-state index is 13.0. The van der Waals surface area contributed by atoms with Crippen molar-refractivity contribution in [1.29, 1.82) is 0 Å². The molecule has 1 N–H and O–H groups in total. The number of nitrogens with zero attached hydrogens (tertiary/aromatic N) is 2. The molecule has 0 spiro atoms. The van der Waals surface area contributed by atoms with Crippen molar-refractivity contribution in [2.75, 3.05) is 32.4 Å². The molecule has 0 aromatic heterocycles. The van der Waals surface area contributed by atoms with Crippen LogP contribution in [0.3, 0.4) is 0 Å². The van der Waals surface area contributed by atoms with Crippen LogP contribution in [0.4, 0.5) is 13.6 Å². The van der Waals surface area contributed by atoms with Crippen molar-refractivity contribution in [3.8, 4) is 0 Å². The van der Waals surface area contributed by atoms with E-state index in [-0.39, 0.29) is 25.6 Å². The molecule has 0 aromatic carbocycles. The Kier molecular flexibility index (Phi) is 4.19. The maximum Gasteiger partial charge on any atom is 0.317 e. The Bertz CT molecular complexity index is 483. The summed E-state index contributed by atoms with van der Waals surface area (Å²) in [6, 6.07) is -0.834. The summed E-state index contributed by atoms with van der Waals surface area (Å²) in [7, 11) is -3.29. The van der Waals surface area contributed by atoms with Gasteiger partial charge in [0.25, 0.3) is 5.92 Å². The molecule has 0 aromatic rings. The van der Waals surface area contributed by atoms with E-state index in [4.69, 9.17) is 0 Å². The van der Waals surface area contributed by atoms with Gasteiger partial charge in [0.2, 0.25) is 10.0 Å². The highest BCUT2D eigenvalue weighted by Gasteiger charge is 2.40. The summed E-state index contributed by atoms with van der Waals surface area (Å²) in [4.78, 5) is 12.8. The van der Waals surface area contributed by atoms with E-state index in [0.29, 0.717) is 13.0 Å². The van der Waals surface area contributed by atoms with Gasteiger partial charge >= 0.3 is 6.03 Å². The summed E-state index contributed by atoms with van der Waals surface area (Å²) in [5.41, 5.74) is 0. The minimum atomic E-state index is -3.29. The van der Waals surface area contributed by atoms with Crippen molar-refractivity contribution in [3.05, 3.63) is 0 Å². The lowest BCUT2D eigenvalue weighted by molar-refractivity contribution is 0.0153. The second kappa shape index (κ2) is 5.44. The zero-order chi connectivity index (χ0) is 15.0. The van der Waals surface area contributed by atoms with Crippen molar-refractivity contribution in [3.63, 3.8) is 0 Å². The molecule has 9 heteroatoms. The van der Waals surface area contributed by atoms with E-state index < -0.39 is 28.5 Å². The van der Waals surface area contributed by atoms with Crippen LogP contribution in [0.5, 0.6) is 0 Å². The van der Waals surface area contributed by atoms with E-state index in [1.54, 1.807) is 0 Å². The van der Waals surface area contributed by atoms with Crippen LogP contribution in [0.25, 0.3) is 0 Å². The zero-order valence-corrected chi connectivity index (χ0v) is 12.1. The molecule has 2 amide bonds. The number of urea groups is 1. The number of nitrogens with one attached hydrogen (secondary N) is 1. The number of carbonyl (C=O) groups is 1. The molecule has 1 atom stereocenters. The fourth-order valence-electron chi connectivity index (χ4n) is 2.68. The molecule has 0 saturated carbocycles. The van der Waals surface area contributed by atoms with E-state index >= 15 is 0 Å². The maximum absolute atomic E-state index is 13.0. The molecule has 0 unspecified atom stereocenters. The number of hydrogen-bond acceptors (Lipinski definition) is 3. The Hall–Kier alpha value is -0.960. The number of rotatable bonds is 3. The molecule has 116 valence electrons. The number of carbonyl (C=O) groups excluding carboxylic acids is 1. The summed E-state index contributed by atoms with van der Waals surface area (Å²) in [5, 5.41) is 2.55. The molecular weight excluding hydrogens is 292 g/mol. The number of sulfonamides is 1. The number of alkyl halides is 2. The van der Waals surface area contributed by atoms with E-state index in [0.717, 1.165) is 17.6 Å². The molecule has 2 heterocycles. The van der Waals surface area contributed by atoms with Crippen LogP contribution < -0.4 is 5.32 Å². The Morgan fingerprint density at radius 3 is 2.65 bits per heavy atom. The van der Waals surface area contributed by atoms with E-state index in [1.165, 1.54) is 4.31 Å². The third-order valence-corrected chi connectivity index (χ3v) is 5.03. The predicted octanol–water partition coefficient (Wildman–Crippen LogP) is 0.461. The first-order valence-electron chi connectivity index (χ1n) is 6.56. The molecule has 6 nitrogen and oxygen atoms in total. The Labute approximate surface area is 117 Å². The average molecular weight is 311 g/mol. The standard InChI is InChI=1S/C11H19F2N3O3S/c1-20(18,19)16-5-2-3-9(16)7-14-10(17)15-6-4-11(12,13)8-15/h9H,2-8H2,1H3,(H,14,17)/t9-/m1/s1. The highest BCUT2D eigenvalue weighted by atomic mass is 32.2. The summed E-state index contributed by atoms with van der Waals surface area (Å²) < 4.78 is 50.4. The van der Waals surface area contributed by atoms with Gasteiger partial charge in [-0.05, 0) is 12.8 Å². The van der Waals surface area contributed by atoms with E-state index in [2.05, 4.69) is 5.32 Å². The van der Waals surface area contributed by atoms with Crippen LogP contribution in [0, 0.1) is 0 Å². The molecule has 2 rings (SSSR count). The monoisotopic (exact) mass is 311 g/mol.